The van der Waals surface area contributed by atoms with Crippen LogP contribution in [0.2, 0.25) is 0 Å². The Hall–Kier alpha value is -3.19. The highest BCUT2D eigenvalue weighted by molar-refractivity contribution is 9.10. The summed E-state index contributed by atoms with van der Waals surface area (Å²) < 4.78 is 8.53. The van der Waals surface area contributed by atoms with Crippen molar-refractivity contribution in [2.75, 3.05) is 5.32 Å². The topological polar surface area (TPSA) is 73.0 Å². The van der Waals surface area contributed by atoms with Crippen molar-refractivity contribution >= 4 is 27.7 Å². The van der Waals surface area contributed by atoms with Gasteiger partial charge in [0.05, 0.1) is 11.9 Å². The molecule has 2 aromatic carbocycles. The first kappa shape index (κ1) is 21.1. The van der Waals surface area contributed by atoms with Gasteiger partial charge < -0.3 is 9.73 Å². The van der Waals surface area contributed by atoms with Gasteiger partial charge in [0.15, 0.2) is 11.7 Å². The van der Waals surface area contributed by atoms with Gasteiger partial charge in [0.25, 0.3) is 0 Å². The molecule has 0 spiro atoms. The van der Waals surface area contributed by atoms with E-state index in [-0.39, 0.29) is 12.3 Å². The van der Waals surface area contributed by atoms with E-state index in [4.69, 9.17) is 4.42 Å². The van der Waals surface area contributed by atoms with E-state index in [1.54, 1.807) is 10.9 Å². The van der Waals surface area contributed by atoms with Gasteiger partial charge in [0.2, 0.25) is 5.91 Å². The van der Waals surface area contributed by atoms with Crippen molar-refractivity contribution in [3.8, 4) is 22.5 Å². The zero-order valence-electron chi connectivity index (χ0n) is 17.6. The van der Waals surface area contributed by atoms with Crippen LogP contribution in [-0.2, 0) is 18.3 Å². The molecule has 0 aliphatic carbocycles. The maximum Gasteiger partial charge on any atom is 0.226 e. The molecule has 0 bridgehead atoms. The molecule has 31 heavy (non-hydrogen) atoms. The Morgan fingerprint density at radius 2 is 1.74 bits per heavy atom. The second-order valence-corrected chi connectivity index (χ2v) is 8.39. The maximum absolute atomic E-state index is 12.7. The van der Waals surface area contributed by atoms with E-state index in [0.29, 0.717) is 23.9 Å². The van der Waals surface area contributed by atoms with Gasteiger partial charge in [-0.1, -0.05) is 57.9 Å². The summed E-state index contributed by atoms with van der Waals surface area (Å²) in [5, 5.41) is 7.49. The highest BCUT2D eigenvalue weighted by Crippen LogP contribution is 2.32. The molecule has 0 saturated heterocycles. The third kappa shape index (κ3) is 4.77. The van der Waals surface area contributed by atoms with Gasteiger partial charge in [0.1, 0.15) is 5.82 Å². The highest BCUT2D eigenvalue weighted by Gasteiger charge is 2.18. The first-order chi connectivity index (χ1) is 14.9. The largest absolute Gasteiger partial charge is 0.441 e. The van der Waals surface area contributed by atoms with E-state index < -0.39 is 0 Å². The van der Waals surface area contributed by atoms with E-state index >= 15 is 0 Å². The molecule has 0 unspecified atom stereocenters. The fourth-order valence-corrected chi connectivity index (χ4v) is 3.72. The number of carbonyl (C=O) groups is 1. The Labute approximate surface area is 189 Å². The lowest BCUT2D eigenvalue weighted by atomic mass is 10.1. The molecule has 6 nitrogen and oxygen atoms in total. The minimum Gasteiger partial charge on any atom is -0.441 e. The van der Waals surface area contributed by atoms with E-state index in [0.717, 1.165) is 26.9 Å². The van der Waals surface area contributed by atoms with Crippen LogP contribution in [0.4, 0.5) is 5.82 Å². The van der Waals surface area contributed by atoms with Crippen LogP contribution >= 0.6 is 15.9 Å². The number of amides is 1. The summed E-state index contributed by atoms with van der Waals surface area (Å²) in [5.74, 6) is 1.81. The molecule has 0 radical (unpaired) electrons. The summed E-state index contributed by atoms with van der Waals surface area (Å²) in [7, 11) is 1.83. The molecule has 0 aliphatic heterocycles. The second-order valence-electron chi connectivity index (χ2n) is 7.47. The molecule has 2 aromatic heterocycles. The van der Waals surface area contributed by atoms with Crippen molar-refractivity contribution in [3.63, 3.8) is 0 Å². The van der Waals surface area contributed by atoms with Crippen molar-refractivity contribution in [1.29, 1.82) is 0 Å². The minimum absolute atomic E-state index is 0.114. The quantitative estimate of drug-likeness (QED) is 0.386. The van der Waals surface area contributed by atoms with Crippen molar-refractivity contribution in [2.45, 2.75) is 26.7 Å². The Balaban J connectivity index is 1.44. The van der Waals surface area contributed by atoms with E-state index in [9.17, 15) is 4.79 Å². The summed E-state index contributed by atoms with van der Waals surface area (Å²) in [6.07, 6.45) is 2.38. The fraction of sp³-hybridized carbons (Fsp3) is 0.208. The molecule has 7 heteroatoms. The molecule has 4 rings (SSSR count). The van der Waals surface area contributed by atoms with Crippen LogP contribution in [0.25, 0.3) is 22.5 Å². The number of aromatic nitrogens is 3. The summed E-state index contributed by atoms with van der Waals surface area (Å²) in [6.45, 7) is 3.98. The van der Waals surface area contributed by atoms with Crippen LogP contribution in [0, 0.1) is 13.8 Å². The van der Waals surface area contributed by atoms with E-state index in [1.807, 2.05) is 69.4 Å². The number of rotatable bonds is 6. The lowest BCUT2D eigenvalue weighted by Gasteiger charge is -2.09. The smallest absolute Gasteiger partial charge is 0.226 e. The number of carbonyl (C=O) groups excluding carboxylic acids is 1. The van der Waals surface area contributed by atoms with Crippen LogP contribution in [0.5, 0.6) is 0 Å². The van der Waals surface area contributed by atoms with Gasteiger partial charge in [-0.05, 0) is 31.5 Å². The third-order valence-electron chi connectivity index (χ3n) is 5.07. The zero-order valence-corrected chi connectivity index (χ0v) is 19.2. The van der Waals surface area contributed by atoms with Crippen LogP contribution in [0.1, 0.15) is 23.6 Å². The molecule has 1 N–H and O–H groups in total. The molecular formula is C24H23BrN4O2. The van der Waals surface area contributed by atoms with Gasteiger partial charge in [-0.15, -0.1) is 0 Å². The Kier molecular flexibility index (Phi) is 6.04. The van der Waals surface area contributed by atoms with Crippen LogP contribution < -0.4 is 5.32 Å². The van der Waals surface area contributed by atoms with Crippen LogP contribution in [0.3, 0.4) is 0 Å². The summed E-state index contributed by atoms with van der Waals surface area (Å²) >= 11 is 3.46. The number of hydrogen-bond donors (Lipinski definition) is 1. The molecule has 2 heterocycles. The normalized spacial score (nSPS) is 11.0. The molecule has 0 fully saturated rings. The predicted molar refractivity (Wildman–Crippen MR) is 125 cm³/mol. The van der Waals surface area contributed by atoms with E-state index in [2.05, 4.69) is 31.3 Å². The number of anilines is 1. The van der Waals surface area contributed by atoms with Gasteiger partial charge in [0, 0.05) is 35.5 Å². The van der Waals surface area contributed by atoms with Gasteiger partial charge in [-0.25, -0.2) is 4.98 Å². The molecule has 0 aliphatic rings. The number of benzene rings is 2. The molecule has 1 amide bonds. The number of oxazole rings is 1. The van der Waals surface area contributed by atoms with Gasteiger partial charge in [-0.3, -0.25) is 9.48 Å². The number of hydrogen-bond acceptors (Lipinski definition) is 4. The molecule has 4 aromatic rings. The van der Waals surface area contributed by atoms with Crippen molar-refractivity contribution in [3.05, 3.63) is 76.3 Å². The summed E-state index contributed by atoms with van der Waals surface area (Å²) in [5.41, 5.74) is 4.93. The van der Waals surface area contributed by atoms with Crippen LogP contribution in [-0.4, -0.2) is 20.7 Å². The third-order valence-corrected chi connectivity index (χ3v) is 5.60. The first-order valence-corrected chi connectivity index (χ1v) is 10.8. The Morgan fingerprint density at radius 1 is 1.06 bits per heavy atom. The van der Waals surface area contributed by atoms with Crippen molar-refractivity contribution < 1.29 is 9.21 Å². The molecule has 0 atom stereocenters. The molecule has 158 valence electrons. The minimum atomic E-state index is -0.114. The predicted octanol–water partition coefficient (Wildman–Crippen LogP) is 5.69. The second kappa shape index (κ2) is 8.89. The summed E-state index contributed by atoms with van der Waals surface area (Å²) in [6, 6.07) is 16.0. The van der Waals surface area contributed by atoms with Crippen molar-refractivity contribution in [1.82, 2.24) is 14.8 Å². The Morgan fingerprint density at radius 3 is 2.45 bits per heavy atom. The average Bonchev–Trinajstić information content (AvgIpc) is 3.32. The number of nitrogens with one attached hydrogen (secondary N) is 1. The maximum atomic E-state index is 12.7. The standard InChI is InChI=1S/C24H23BrN4O2/c1-15-4-6-17(7-5-15)20-14-26-22(31-20)13-12-21(30)27-24-23(16(2)28-29(24)3)18-8-10-19(25)11-9-18/h4-11,14H,12-13H2,1-3H3,(H,27,30). The van der Waals surface area contributed by atoms with Gasteiger partial charge >= 0.3 is 0 Å². The lowest BCUT2D eigenvalue weighted by molar-refractivity contribution is -0.116. The zero-order chi connectivity index (χ0) is 22.0. The van der Waals surface area contributed by atoms with Gasteiger partial charge in [-0.2, -0.15) is 5.10 Å². The van der Waals surface area contributed by atoms with E-state index in [1.165, 1.54) is 5.56 Å². The monoisotopic (exact) mass is 478 g/mol. The van der Waals surface area contributed by atoms with Crippen LogP contribution in [0.15, 0.2) is 63.6 Å². The number of halogens is 1. The SMILES string of the molecule is Cc1ccc(-c2cnc(CCC(=O)Nc3c(-c4ccc(Br)cc4)c(C)nn3C)o2)cc1. The van der Waals surface area contributed by atoms with Crippen molar-refractivity contribution in [2.24, 2.45) is 7.05 Å². The Bertz CT molecular complexity index is 1210. The fourth-order valence-electron chi connectivity index (χ4n) is 3.46. The lowest BCUT2D eigenvalue weighted by Crippen LogP contribution is -2.15. The summed E-state index contributed by atoms with van der Waals surface area (Å²) in [4.78, 5) is 17.0. The highest BCUT2D eigenvalue weighted by atomic mass is 79.9. The number of nitrogens with zero attached hydrogens (tertiary/aromatic N) is 3. The first-order valence-electron chi connectivity index (χ1n) is 10.0. The number of aryl methyl sites for hydroxylation is 4. The average molecular weight is 479 g/mol. The molecule has 0 saturated carbocycles. The molecular weight excluding hydrogens is 456 g/mol.